The fourth-order valence-electron chi connectivity index (χ4n) is 4.34. The largest absolute Gasteiger partial charge is 0.456 e. The SMILES string of the molecule is CC#CC(=O)Nc1ccc(Oc2ccc(NC(=O)Nc3ccc(CN4CCN(C)CC4)c(C(F)(F)F)c3)c(C)c2)cn1. The summed E-state index contributed by atoms with van der Waals surface area (Å²) in [5.41, 5.74) is 0.557. The van der Waals surface area contributed by atoms with Gasteiger partial charge in [-0.15, -0.1) is 0 Å². The van der Waals surface area contributed by atoms with Gasteiger partial charge in [-0.05, 0) is 80.4 Å². The normalized spacial score (nSPS) is 14.0. The third-order valence-electron chi connectivity index (χ3n) is 6.56. The van der Waals surface area contributed by atoms with Gasteiger partial charge in [0, 0.05) is 44.1 Å². The Bertz CT molecular complexity index is 1490. The molecule has 9 nitrogen and oxygen atoms in total. The number of hydrogen-bond acceptors (Lipinski definition) is 6. The lowest BCUT2D eigenvalue weighted by molar-refractivity contribution is -0.138. The predicted molar refractivity (Wildman–Crippen MR) is 154 cm³/mol. The number of alkyl halides is 3. The first-order valence-electron chi connectivity index (χ1n) is 13.2. The van der Waals surface area contributed by atoms with E-state index in [1.54, 1.807) is 44.2 Å². The lowest BCUT2D eigenvalue weighted by atomic mass is 10.0. The molecule has 0 bridgehead atoms. The van der Waals surface area contributed by atoms with Gasteiger partial charge in [0.2, 0.25) is 0 Å². The number of pyridine rings is 1. The van der Waals surface area contributed by atoms with Crippen LogP contribution in [0.4, 0.5) is 35.2 Å². The Hall–Kier alpha value is -4.60. The highest BCUT2D eigenvalue weighted by Gasteiger charge is 2.34. The molecule has 0 aliphatic carbocycles. The van der Waals surface area contributed by atoms with E-state index >= 15 is 0 Å². The van der Waals surface area contributed by atoms with Crippen LogP contribution in [0.15, 0.2) is 54.7 Å². The van der Waals surface area contributed by atoms with Crippen LogP contribution in [0.2, 0.25) is 0 Å². The van der Waals surface area contributed by atoms with Gasteiger partial charge in [0.05, 0.1) is 11.8 Å². The Morgan fingerprint density at radius 1 is 0.976 bits per heavy atom. The second-order valence-corrected chi connectivity index (χ2v) is 9.82. The number of piperazine rings is 1. The molecule has 1 aliphatic heterocycles. The number of likely N-dealkylation sites (N-methyl/N-ethyl adjacent to an activating group) is 1. The van der Waals surface area contributed by atoms with Gasteiger partial charge >= 0.3 is 18.1 Å². The van der Waals surface area contributed by atoms with E-state index in [0.29, 0.717) is 41.7 Å². The summed E-state index contributed by atoms with van der Waals surface area (Å²) in [5, 5.41) is 7.70. The van der Waals surface area contributed by atoms with Crippen molar-refractivity contribution in [3.05, 3.63) is 71.4 Å². The number of aromatic nitrogens is 1. The Morgan fingerprint density at radius 3 is 2.36 bits per heavy atom. The number of rotatable bonds is 7. The second-order valence-electron chi connectivity index (χ2n) is 9.82. The van der Waals surface area contributed by atoms with E-state index in [4.69, 9.17) is 4.74 Å². The molecule has 2 heterocycles. The Balaban J connectivity index is 1.37. The molecule has 42 heavy (non-hydrogen) atoms. The van der Waals surface area contributed by atoms with Gasteiger partial charge in [-0.3, -0.25) is 15.0 Å². The molecule has 2 aromatic carbocycles. The minimum atomic E-state index is -4.56. The van der Waals surface area contributed by atoms with Crippen LogP contribution in [-0.4, -0.2) is 59.9 Å². The molecule has 1 aromatic heterocycles. The van der Waals surface area contributed by atoms with Crippen molar-refractivity contribution in [1.29, 1.82) is 0 Å². The van der Waals surface area contributed by atoms with Crippen molar-refractivity contribution < 1.29 is 27.5 Å². The molecule has 1 fully saturated rings. The maximum absolute atomic E-state index is 13.9. The lowest BCUT2D eigenvalue weighted by Gasteiger charge is -2.33. The summed E-state index contributed by atoms with van der Waals surface area (Å²) in [4.78, 5) is 32.4. The van der Waals surface area contributed by atoms with Gasteiger partial charge in [0.25, 0.3) is 0 Å². The summed E-state index contributed by atoms with van der Waals surface area (Å²) in [6.07, 6.45) is -3.12. The third kappa shape index (κ3) is 8.45. The minimum absolute atomic E-state index is 0.0356. The fourth-order valence-corrected chi connectivity index (χ4v) is 4.34. The van der Waals surface area contributed by atoms with E-state index in [9.17, 15) is 22.8 Å². The Labute approximate surface area is 242 Å². The maximum Gasteiger partial charge on any atom is 0.416 e. The molecule has 1 aliphatic rings. The van der Waals surface area contributed by atoms with Crippen molar-refractivity contribution in [2.24, 2.45) is 0 Å². The summed E-state index contributed by atoms with van der Waals surface area (Å²) in [6, 6.07) is 11.3. The molecule has 1 saturated heterocycles. The standard InChI is InChI=1S/C30H31F3N6O3/c1-4-5-28(40)37-27-11-9-24(18-34-27)42-23-8-10-26(20(2)16-23)36-29(41)35-22-7-6-21(25(17-22)30(31,32)33)19-39-14-12-38(3)13-15-39/h6-11,16-18H,12-15,19H2,1-3H3,(H,34,37,40)(H2,35,36,41). The molecule has 12 heteroatoms. The first-order valence-corrected chi connectivity index (χ1v) is 13.2. The van der Waals surface area contributed by atoms with Crippen molar-refractivity contribution in [2.75, 3.05) is 49.2 Å². The number of benzene rings is 2. The molecular weight excluding hydrogens is 549 g/mol. The van der Waals surface area contributed by atoms with Crippen LogP contribution in [0.25, 0.3) is 0 Å². The Kier molecular flexibility index (Phi) is 9.67. The van der Waals surface area contributed by atoms with Crippen LogP contribution in [0.3, 0.4) is 0 Å². The van der Waals surface area contributed by atoms with Gasteiger partial charge in [-0.1, -0.05) is 12.0 Å². The highest BCUT2D eigenvalue weighted by molar-refractivity contribution is 6.03. The van der Waals surface area contributed by atoms with E-state index in [1.165, 1.54) is 18.3 Å². The molecule has 4 rings (SSSR count). The number of nitrogens with one attached hydrogen (secondary N) is 3. The van der Waals surface area contributed by atoms with Crippen molar-refractivity contribution in [1.82, 2.24) is 14.8 Å². The van der Waals surface area contributed by atoms with E-state index in [0.717, 1.165) is 19.2 Å². The first kappa shape index (κ1) is 30.4. The summed E-state index contributed by atoms with van der Waals surface area (Å²) in [5.74, 6) is 5.60. The number of aryl methyl sites for hydroxylation is 1. The number of anilines is 3. The average molecular weight is 581 g/mol. The predicted octanol–water partition coefficient (Wildman–Crippen LogP) is 5.55. The lowest BCUT2D eigenvalue weighted by Crippen LogP contribution is -2.44. The zero-order chi connectivity index (χ0) is 30.3. The van der Waals surface area contributed by atoms with Gasteiger partial charge in [0.1, 0.15) is 17.3 Å². The van der Waals surface area contributed by atoms with E-state index in [-0.39, 0.29) is 17.8 Å². The molecule has 0 spiro atoms. The highest BCUT2D eigenvalue weighted by Crippen LogP contribution is 2.35. The summed E-state index contributed by atoms with van der Waals surface area (Å²) in [7, 11) is 1.99. The first-order chi connectivity index (χ1) is 20.0. The number of urea groups is 1. The molecule has 0 radical (unpaired) electrons. The molecule has 0 atom stereocenters. The summed E-state index contributed by atoms with van der Waals surface area (Å²) in [6.45, 7) is 6.48. The molecular formula is C30H31F3N6O3. The third-order valence-corrected chi connectivity index (χ3v) is 6.56. The summed E-state index contributed by atoms with van der Waals surface area (Å²) < 4.78 is 47.4. The molecule has 0 unspecified atom stereocenters. The van der Waals surface area contributed by atoms with Crippen LogP contribution >= 0.6 is 0 Å². The molecule has 220 valence electrons. The van der Waals surface area contributed by atoms with Gasteiger partial charge in [-0.2, -0.15) is 13.2 Å². The fraction of sp³-hybridized carbons (Fsp3) is 0.300. The Morgan fingerprint density at radius 2 is 1.71 bits per heavy atom. The number of amides is 3. The van der Waals surface area contributed by atoms with E-state index in [1.807, 2.05) is 11.9 Å². The number of carbonyl (C=O) groups excluding carboxylic acids is 2. The van der Waals surface area contributed by atoms with Crippen molar-refractivity contribution in [3.8, 4) is 23.3 Å². The topological polar surface area (TPSA) is 98.8 Å². The molecule has 3 N–H and O–H groups in total. The second kappa shape index (κ2) is 13.4. The van der Waals surface area contributed by atoms with Crippen LogP contribution in [0.1, 0.15) is 23.6 Å². The monoisotopic (exact) mass is 580 g/mol. The van der Waals surface area contributed by atoms with Gasteiger partial charge < -0.3 is 20.3 Å². The number of ether oxygens (including phenoxy) is 1. The van der Waals surface area contributed by atoms with Crippen LogP contribution in [0.5, 0.6) is 11.5 Å². The van der Waals surface area contributed by atoms with Crippen LogP contribution < -0.4 is 20.7 Å². The highest BCUT2D eigenvalue weighted by atomic mass is 19.4. The number of hydrogen-bond donors (Lipinski definition) is 3. The van der Waals surface area contributed by atoms with Crippen molar-refractivity contribution >= 4 is 29.1 Å². The molecule has 0 saturated carbocycles. The molecule has 3 amide bonds. The molecule has 3 aromatic rings. The van der Waals surface area contributed by atoms with Crippen molar-refractivity contribution in [3.63, 3.8) is 0 Å². The minimum Gasteiger partial charge on any atom is -0.456 e. The van der Waals surface area contributed by atoms with Gasteiger partial charge in [0.15, 0.2) is 0 Å². The number of nitrogens with zero attached hydrogens (tertiary/aromatic N) is 3. The van der Waals surface area contributed by atoms with Crippen molar-refractivity contribution in [2.45, 2.75) is 26.6 Å². The van der Waals surface area contributed by atoms with Gasteiger partial charge in [-0.25, -0.2) is 9.78 Å². The average Bonchev–Trinajstić information content (AvgIpc) is 2.93. The summed E-state index contributed by atoms with van der Waals surface area (Å²) >= 11 is 0. The van der Waals surface area contributed by atoms with Crippen LogP contribution in [-0.2, 0) is 17.5 Å². The number of carbonyl (C=O) groups is 2. The number of halogens is 3. The maximum atomic E-state index is 13.9. The van der Waals surface area contributed by atoms with E-state index < -0.39 is 23.7 Å². The zero-order valence-corrected chi connectivity index (χ0v) is 23.4. The zero-order valence-electron chi connectivity index (χ0n) is 23.4. The quantitative estimate of drug-likeness (QED) is 0.317. The van der Waals surface area contributed by atoms with Crippen LogP contribution in [0, 0.1) is 18.8 Å². The smallest absolute Gasteiger partial charge is 0.416 e. The van der Waals surface area contributed by atoms with E-state index in [2.05, 4.69) is 37.7 Å².